The van der Waals surface area contributed by atoms with Gasteiger partial charge in [-0.05, 0) is 20.5 Å². The van der Waals surface area contributed by atoms with Gasteiger partial charge in [0.15, 0.2) is 0 Å². The van der Waals surface area contributed by atoms with E-state index in [0.717, 1.165) is 19.5 Å². The Bertz CT molecular complexity index is 408. The highest BCUT2D eigenvalue weighted by Crippen LogP contribution is 2.00. The van der Waals surface area contributed by atoms with Crippen molar-refractivity contribution >= 4 is 11.7 Å². The Balaban J connectivity index is 2.22. The molecule has 7 nitrogen and oxygen atoms in total. The van der Waals surface area contributed by atoms with Crippen LogP contribution in [0.15, 0.2) is 12.4 Å². The minimum atomic E-state index is -0.235. The quantitative estimate of drug-likeness (QED) is 0.616. The highest BCUT2D eigenvalue weighted by atomic mass is 16.5. The predicted molar refractivity (Wildman–Crippen MR) is 82.5 cm³/mol. The predicted octanol–water partition coefficient (Wildman–Crippen LogP) is 0.607. The second-order valence-corrected chi connectivity index (χ2v) is 4.89. The number of nitrogens with one attached hydrogen (secondary N) is 2. The second-order valence-electron chi connectivity index (χ2n) is 4.89. The van der Waals surface area contributed by atoms with E-state index in [-0.39, 0.29) is 5.91 Å². The van der Waals surface area contributed by atoms with Crippen molar-refractivity contribution in [2.75, 3.05) is 52.3 Å². The molecule has 7 heteroatoms. The van der Waals surface area contributed by atoms with Crippen LogP contribution in [0.4, 0.5) is 5.82 Å². The van der Waals surface area contributed by atoms with Crippen molar-refractivity contribution in [2.24, 2.45) is 0 Å². The van der Waals surface area contributed by atoms with Gasteiger partial charge in [-0.2, -0.15) is 0 Å². The number of amides is 1. The van der Waals surface area contributed by atoms with Crippen molar-refractivity contribution in [1.29, 1.82) is 0 Å². The molecule has 1 rings (SSSR count). The zero-order chi connectivity index (χ0) is 15.5. The number of carbonyl (C=O) groups is 1. The highest BCUT2D eigenvalue weighted by Gasteiger charge is 2.07. The standard InChI is InChI=1S/C14H25N5O2/c1-4-5-15-13-11-17-12(10-18-13)14(20)16-6-8-21-9-7-19(2)3/h10-11H,4-9H2,1-3H3,(H,15,18)(H,16,20). The van der Waals surface area contributed by atoms with E-state index in [4.69, 9.17) is 4.74 Å². The zero-order valence-corrected chi connectivity index (χ0v) is 13.1. The normalized spacial score (nSPS) is 10.7. The van der Waals surface area contributed by atoms with Gasteiger partial charge in [-0.1, -0.05) is 6.92 Å². The molecule has 0 aliphatic heterocycles. The summed E-state index contributed by atoms with van der Waals surface area (Å²) in [7, 11) is 3.98. The lowest BCUT2D eigenvalue weighted by Gasteiger charge is -2.10. The van der Waals surface area contributed by atoms with Crippen LogP contribution in [-0.4, -0.2) is 67.7 Å². The number of anilines is 1. The van der Waals surface area contributed by atoms with E-state index in [1.807, 2.05) is 19.0 Å². The fraction of sp³-hybridized carbons (Fsp3) is 0.643. The third-order valence-electron chi connectivity index (χ3n) is 2.66. The lowest BCUT2D eigenvalue weighted by atomic mass is 10.4. The third kappa shape index (κ3) is 7.57. The molecule has 0 radical (unpaired) electrons. The first-order chi connectivity index (χ1) is 10.1. The molecule has 0 spiro atoms. The Labute approximate surface area is 126 Å². The Kier molecular flexibility index (Phi) is 8.30. The van der Waals surface area contributed by atoms with Gasteiger partial charge < -0.3 is 20.3 Å². The SMILES string of the molecule is CCCNc1cnc(C(=O)NCCOCCN(C)C)cn1. The molecule has 0 saturated heterocycles. The van der Waals surface area contributed by atoms with E-state index in [1.54, 1.807) is 6.20 Å². The smallest absolute Gasteiger partial charge is 0.271 e. The summed E-state index contributed by atoms with van der Waals surface area (Å²) in [5, 5.41) is 5.86. The van der Waals surface area contributed by atoms with Gasteiger partial charge in [-0.25, -0.2) is 9.97 Å². The average molecular weight is 295 g/mol. The Morgan fingerprint density at radius 3 is 2.67 bits per heavy atom. The summed E-state index contributed by atoms with van der Waals surface area (Å²) in [5.74, 6) is 0.446. The molecule has 0 saturated carbocycles. The van der Waals surface area contributed by atoms with Crippen LogP contribution in [0, 0.1) is 0 Å². The summed E-state index contributed by atoms with van der Waals surface area (Å²) in [6, 6.07) is 0. The molecule has 118 valence electrons. The minimum absolute atomic E-state index is 0.235. The summed E-state index contributed by atoms with van der Waals surface area (Å²) in [6.45, 7) is 5.38. The number of carbonyl (C=O) groups excluding carboxylic acids is 1. The van der Waals surface area contributed by atoms with Gasteiger partial charge in [0, 0.05) is 19.6 Å². The molecule has 0 bridgehead atoms. The first kappa shape index (κ1) is 17.3. The number of aromatic nitrogens is 2. The summed E-state index contributed by atoms with van der Waals surface area (Å²) in [5.41, 5.74) is 0.310. The number of hydrogen-bond donors (Lipinski definition) is 2. The summed E-state index contributed by atoms with van der Waals surface area (Å²) < 4.78 is 5.39. The maximum atomic E-state index is 11.8. The summed E-state index contributed by atoms with van der Waals surface area (Å²) in [6.07, 6.45) is 4.05. The van der Waals surface area contributed by atoms with Gasteiger partial charge >= 0.3 is 0 Å². The molecule has 0 aromatic carbocycles. The second kappa shape index (κ2) is 10.1. The maximum absolute atomic E-state index is 11.8. The van der Waals surface area contributed by atoms with Crippen molar-refractivity contribution in [1.82, 2.24) is 20.2 Å². The molecule has 2 N–H and O–H groups in total. The molecule has 1 amide bonds. The first-order valence-electron chi connectivity index (χ1n) is 7.20. The Morgan fingerprint density at radius 1 is 1.24 bits per heavy atom. The average Bonchev–Trinajstić information content (AvgIpc) is 2.48. The summed E-state index contributed by atoms with van der Waals surface area (Å²) in [4.78, 5) is 22.1. The Morgan fingerprint density at radius 2 is 2.05 bits per heavy atom. The van der Waals surface area contributed by atoms with Crippen LogP contribution in [0.1, 0.15) is 23.8 Å². The molecular weight excluding hydrogens is 270 g/mol. The van der Waals surface area contributed by atoms with Crippen LogP contribution >= 0.6 is 0 Å². The van der Waals surface area contributed by atoms with E-state index in [0.29, 0.717) is 31.3 Å². The molecule has 0 fully saturated rings. The fourth-order valence-corrected chi connectivity index (χ4v) is 1.47. The van der Waals surface area contributed by atoms with Crippen LogP contribution in [0.2, 0.25) is 0 Å². The fourth-order valence-electron chi connectivity index (χ4n) is 1.47. The zero-order valence-electron chi connectivity index (χ0n) is 13.1. The molecular formula is C14H25N5O2. The number of ether oxygens (including phenoxy) is 1. The molecule has 1 heterocycles. The van der Waals surface area contributed by atoms with Gasteiger partial charge in [-0.15, -0.1) is 0 Å². The van der Waals surface area contributed by atoms with Crippen molar-refractivity contribution < 1.29 is 9.53 Å². The van der Waals surface area contributed by atoms with Gasteiger partial charge in [-0.3, -0.25) is 4.79 Å². The van der Waals surface area contributed by atoms with Crippen LogP contribution in [0.5, 0.6) is 0 Å². The van der Waals surface area contributed by atoms with Crippen molar-refractivity contribution in [3.05, 3.63) is 18.1 Å². The van der Waals surface area contributed by atoms with Crippen LogP contribution < -0.4 is 10.6 Å². The Hall–Kier alpha value is -1.73. The van der Waals surface area contributed by atoms with Crippen LogP contribution in [0.25, 0.3) is 0 Å². The van der Waals surface area contributed by atoms with Crippen molar-refractivity contribution in [2.45, 2.75) is 13.3 Å². The maximum Gasteiger partial charge on any atom is 0.271 e. The van der Waals surface area contributed by atoms with Crippen LogP contribution in [-0.2, 0) is 4.74 Å². The van der Waals surface area contributed by atoms with E-state index < -0.39 is 0 Å². The summed E-state index contributed by atoms with van der Waals surface area (Å²) >= 11 is 0. The highest BCUT2D eigenvalue weighted by molar-refractivity contribution is 5.91. The number of hydrogen-bond acceptors (Lipinski definition) is 6. The molecule has 0 atom stereocenters. The van der Waals surface area contributed by atoms with E-state index in [9.17, 15) is 4.79 Å². The molecule has 0 aliphatic carbocycles. The van der Waals surface area contributed by atoms with Crippen molar-refractivity contribution in [3.63, 3.8) is 0 Å². The molecule has 1 aromatic rings. The topological polar surface area (TPSA) is 79.4 Å². The lowest BCUT2D eigenvalue weighted by Crippen LogP contribution is -2.29. The molecule has 0 aliphatic rings. The van der Waals surface area contributed by atoms with Gasteiger partial charge in [0.25, 0.3) is 5.91 Å². The molecule has 0 unspecified atom stereocenters. The number of nitrogens with zero attached hydrogens (tertiary/aromatic N) is 3. The monoisotopic (exact) mass is 295 g/mol. The number of rotatable bonds is 10. The third-order valence-corrected chi connectivity index (χ3v) is 2.66. The van der Waals surface area contributed by atoms with Crippen molar-refractivity contribution in [3.8, 4) is 0 Å². The molecule has 21 heavy (non-hydrogen) atoms. The van der Waals surface area contributed by atoms with Gasteiger partial charge in [0.1, 0.15) is 11.5 Å². The van der Waals surface area contributed by atoms with Gasteiger partial charge in [0.2, 0.25) is 0 Å². The number of likely N-dealkylation sites (N-methyl/N-ethyl adjacent to an activating group) is 1. The van der Waals surface area contributed by atoms with E-state index in [2.05, 4.69) is 27.5 Å². The van der Waals surface area contributed by atoms with E-state index in [1.165, 1.54) is 6.20 Å². The lowest BCUT2D eigenvalue weighted by molar-refractivity contribution is 0.0895. The first-order valence-corrected chi connectivity index (χ1v) is 7.20. The van der Waals surface area contributed by atoms with Crippen LogP contribution in [0.3, 0.4) is 0 Å². The van der Waals surface area contributed by atoms with Gasteiger partial charge in [0.05, 0.1) is 25.6 Å². The molecule has 1 aromatic heterocycles. The largest absolute Gasteiger partial charge is 0.378 e. The van der Waals surface area contributed by atoms with E-state index >= 15 is 0 Å². The minimum Gasteiger partial charge on any atom is -0.378 e.